The first-order valence-electron chi connectivity index (χ1n) is 8.36. The lowest BCUT2D eigenvalue weighted by Gasteiger charge is -2.15. The first-order chi connectivity index (χ1) is 12.2. The lowest BCUT2D eigenvalue weighted by molar-refractivity contribution is 0.355. The number of aryl methyl sites for hydroxylation is 1. The highest BCUT2D eigenvalue weighted by atomic mass is 16.5. The summed E-state index contributed by atoms with van der Waals surface area (Å²) in [6.45, 7) is 2.13. The summed E-state index contributed by atoms with van der Waals surface area (Å²) >= 11 is 0. The van der Waals surface area contributed by atoms with Crippen molar-refractivity contribution in [2.75, 3.05) is 14.2 Å². The van der Waals surface area contributed by atoms with Crippen LogP contribution in [-0.4, -0.2) is 14.2 Å². The number of rotatable bonds is 3. The van der Waals surface area contributed by atoms with E-state index in [0.29, 0.717) is 0 Å². The minimum atomic E-state index is 0.743. The lowest BCUT2D eigenvalue weighted by atomic mass is 9.91. The van der Waals surface area contributed by atoms with E-state index in [1.165, 1.54) is 32.7 Å². The molecule has 0 spiro atoms. The molecule has 0 fully saturated rings. The Balaban J connectivity index is 2.12. The highest BCUT2D eigenvalue weighted by molar-refractivity contribution is 6.12. The molecular weight excluding hydrogens is 308 g/mol. The van der Waals surface area contributed by atoms with E-state index in [0.717, 1.165) is 17.1 Å². The van der Waals surface area contributed by atoms with E-state index < -0.39 is 0 Å². The second-order valence-corrected chi connectivity index (χ2v) is 6.27. The molecule has 0 aliphatic rings. The summed E-state index contributed by atoms with van der Waals surface area (Å²) in [6, 6.07) is 23.5. The van der Waals surface area contributed by atoms with Gasteiger partial charge in [-0.05, 0) is 57.8 Å². The summed E-state index contributed by atoms with van der Waals surface area (Å²) in [5.41, 5.74) is 3.62. The molecule has 4 aromatic carbocycles. The van der Waals surface area contributed by atoms with Crippen LogP contribution in [0.3, 0.4) is 0 Å². The van der Waals surface area contributed by atoms with Crippen LogP contribution in [0.1, 0.15) is 5.56 Å². The fourth-order valence-corrected chi connectivity index (χ4v) is 3.48. The topological polar surface area (TPSA) is 18.5 Å². The van der Waals surface area contributed by atoms with E-state index in [1.807, 2.05) is 6.07 Å². The molecule has 0 aliphatic heterocycles. The average molecular weight is 328 g/mol. The highest BCUT2D eigenvalue weighted by Crippen LogP contribution is 2.40. The predicted molar refractivity (Wildman–Crippen MR) is 105 cm³/mol. The third-order valence-electron chi connectivity index (χ3n) is 4.69. The SMILES string of the molecule is COc1ccc(-c2c3ccccc3cc3ccc(C)cc23)cc1OC. The van der Waals surface area contributed by atoms with Crippen molar-refractivity contribution in [3.05, 3.63) is 72.3 Å². The minimum absolute atomic E-state index is 0.743. The number of hydrogen-bond acceptors (Lipinski definition) is 2. The van der Waals surface area contributed by atoms with Crippen molar-refractivity contribution < 1.29 is 9.47 Å². The number of ether oxygens (including phenoxy) is 2. The van der Waals surface area contributed by atoms with Crippen molar-refractivity contribution in [3.8, 4) is 22.6 Å². The van der Waals surface area contributed by atoms with Crippen molar-refractivity contribution in [1.29, 1.82) is 0 Å². The molecule has 0 atom stereocenters. The van der Waals surface area contributed by atoms with Crippen LogP contribution < -0.4 is 9.47 Å². The Labute approximate surface area is 147 Å². The van der Waals surface area contributed by atoms with Gasteiger partial charge in [-0.1, -0.05) is 54.1 Å². The van der Waals surface area contributed by atoms with Gasteiger partial charge in [-0.3, -0.25) is 0 Å². The van der Waals surface area contributed by atoms with Crippen LogP contribution in [-0.2, 0) is 0 Å². The Morgan fingerprint density at radius 2 is 1.40 bits per heavy atom. The van der Waals surface area contributed by atoms with Crippen molar-refractivity contribution >= 4 is 21.5 Å². The van der Waals surface area contributed by atoms with E-state index in [1.54, 1.807) is 14.2 Å². The molecule has 124 valence electrons. The minimum Gasteiger partial charge on any atom is -0.493 e. The Hall–Kier alpha value is -3.00. The summed E-state index contributed by atoms with van der Waals surface area (Å²) in [5, 5.41) is 4.98. The highest BCUT2D eigenvalue weighted by Gasteiger charge is 2.13. The lowest BCUT2D eigenvalue weighted by Crippen LogP contribution is -1.92. The van der Waals surface area contributed by atoms with E-state index in [2.05, 4.69) is 67.6 Å². The zero-order valence-electron chi connectivity index (χ0n) is 14.7. The molecule has 0 saturated carbocycles. The molecule has 2 heteroatoms. The smallest absolute Gasteiger partial charge is 0.161 e. The summed E-state index contributed by atoms with van der Waals surface area (Å²) in [5.74, 6) is 1.49. The maximum absolute atomic E-state index is 5.52. The third kappa shape index (κ3) is 2.60. The average Bonchev–Trinajstić information content (AvgIpc) is 2.65. The van der Waals surface area contributed by atoms with E-state index in [9.17, 15) is 0 Å². The molecule has 0 aromatic heterocycles. The van der Waals surface area contributed by atoms with E-state index >= 15 is 0 Å². The second-order valence-electron chi connectivity index (χ2n) is 6.27. The molecule has 0 bridgehead atoms. The van der Waals surface area contributed by atoms with Gasteiger partial charge in [0.2, 0.25) is 0 Å². The molecule has 0 N–H and O–H groups in total. The van der Waals surface area contributed by atoms with Gasteiger partial charge in [-0.25, -0.2) is 0 Å². The molecule has 0 radical (unpaired) electrons. The molecule has 0 saturated heterocycles. The van der Waals surface area contributed by atoms with Crippen molar-refractivity contribution in [2.45, 2.75) is 6.92 Å². The van der Waals surface area contributed by atoms with Gasteiger partial charge < -0.3 is 9.47 Å². The second kappa shape index (κ2) is 6.14. The summed E-state index contributed by atoms with van der Waals surface area (Å²) in [6.07, 6.45) is 0. The maximum atomic E-state index is 5.52. The predicted octanol–water partition coefficient (Wildman–Crippen LogP) is 5.99. The summed E-state index contributed by atoms with van der Waals surface area (Å²) in [4.78, 5) is 0. The van der Waals surface area contributed by atoms with Gasteiger partial charge in [0.25, 0.3) is 0 Å². The number of hydrogen-bond donors (Lipinski definition) is 0. The van der Waals surface area contributed by atoms with E-state index in [4.69, 9.17) is 9.47 Å². The largest absolute Gasteiger partial charge is 0.493 e. The molecule has 2 nitrogen and oxygen atoms in total. The third-order valence-corrected chi connectivity index (χ3v) is 4.69. The number of benzene rings is 4. The van der Waals surface area contributed by atoms with Gasteiger partial charge in [-0.2, -0.15) is 0 Å². The van der Waals surface area contributed by atoms with Crippen LogP contribution in [0.5, 0.6) is 11.5 Å². The Kier molecular flexibility index (Phi) is 3.81. The molecule has 0 aliphatic carbocycles. The first-order valence-corrected chi connectivity index (χ1v) is 8.36. The van der Waals surface area contributed by atoms with Crippen LogP contribution in [0, 0.1) is 6.92 Å². The van der Waals surface area contributed by atoms with Crippen molar-refractivity contribution in [1.82, 2.24) is 0 Å². The van der Waals surface area contributed by atoms with Crippen LogP contribution in [0.4, 0.5) is 0 Å². The standard InChI is InChI=1S/C23H20O2/c1-15-8-9-17-13-16-6-4-5-7-19(16)23(20(17)12-15)18-10-11-21(24-2)22(14-18)25-3/h4-14H,1-3H3. The Bertz CT molecular complexity index is 1080. The summed E-state index contributed by atoms with van der Waals surface area (Å²) in [7, 11) is 3.33. The normalized spacial score (nSPS) is 11.0. The van der Waals surface area contributed by atoms with Crippen LogP contribution in [0.15, 0.2) is 66.7 Å². The van der Waals surface area contributed by atoms with E-state index in [-0.39, 0.29) is 0 Å². The van der Waals surface area contributed by atoms with Gasteiger partial charge in [0.05, 0.1) is 14.2 Å². The van der Waals surface area contributed by atoms with Gasteiger partial charge in [0.1, 0.15) is 0 Å². The quantitative estimate of drug-likeness (QED) is 0.430. The molecular formula is C23H20O2. The monoisotopic (exact) mass is 328 g/mol. The van der Waals surface area contributed by atoms with Crippen molar-refractivity contribution in [3.63, 3.8) is 0 Å². The molecule has 0 heterocycles. The zero-order valence-corrected chi connectivity index (χ0v) is 14.7. The van der Waals surface area contributed by atoms with Crippen molar-refractivity contribution in [2.24, 2.45) is 0 Å². The zero-order chi connectivity index (χ0) is 17.4. The Morgan fingerprint density at radius 3 is 2.20 bits per heavy atom. The number of fused-ring (bicyclic) bond motifs is 2. The fraction of sp³-hybridized carbons (Fsp3) is 0.130. The van der Waals surface area contributed by atoms with Gasteiger partial charge >= 0.3 is 0 Å². The van der Waals surface area contributed by atoms with Gasteiger partial charge in [0, 0.05) is 0 Å². The molecule has 0 unspecified atom stereocenters. The molecule has 4 rings (SSSR count). The molecule has 4 aromatic rings. The van der Waals surface area contributed by atoms with Gasteiger partial charge in [-0.15, -0.1) is 0 Å². The fourth-order valence-electron chi connectivity index (χ4n) is 3.48. The van der Waals surface area contributed by atoms with Crippen LogP contribution in [0.2, 0.25) is 0 Å². The first kappa shape index (κ1) is 15.5. The van der Waals surface area contributed by atoms with Crippen LogP contribution >= 0.6 is 0 Å². The molecule has 0 amide bonds. The Morgan fingerprint density at radius 1 is 0.640 bits per heavy atom. The molecule has 25 heavy (non-hydrogen) atoms. The number of methoxy groups -OCH3 is 2. The van der Waals surface area contributed by atoms with Gasteiger partial charge in [0.15, 0.2) is 11.5 Å². The van der Waals surface area contributed by atoms with Crippen LogP contribution in [0.25, 0.3) is 32.7 Å². The maximum Gasteiger partial charge on any atom is 0.161 e. The summed E-state index contributed by atoms with van der Waals surface area (Å²) < 4.78 is 10.9.